The zero-order valence-electron chi connectivity index (χ0n) is 16.5. The molecule has 1 aliphatic heterocycles. The molecule has 1 amide bonds. The maximum atomic E-state index is 13.8. The van der Waals surface area contributed by atoms with E-state index >= 15 is 0 Å². The Balaban J connectivity index is 1.67. The molecule has 4 rings (SSSR count). The molecule has 0 aliphatic carbocycles. The summed E-state index contributed by atoms with van der Waals surface area (Å²) in [7, 11) is 0. The van der Waals surface area contributed by atoms with Gasteiger partial charge >= 0.3 is 0 Å². The minimum atomic E-state index is -2.61. The Morgan fingerprint density at radius 1 is 1.23 bits per heavy atom. The number of hydrogen-bond acceptors (Lipinski definition) is 3. The second kappa shape index (κ2) is 8.07. The average Bonchev–Trinajstić information content (AvgIpc) is 3.14. The average molecular weight is 431 g/mol. The number of alkyl halides is 2. The van der Waals surface area contributed by atoms with Crippen LogP contribution in [-0.4, -0.2) is 22.1 Å². The quantitative estimate of drug-likeness (QED) is 0.552. The predicted molar refractivity (Wildman–Crippen MR) is 114 cm³/mol. The summed E-state index contributed by atoms with van der Waals surface area (Å²) in [6, 6.07) is 11.4. The van der Waals surface area contributed by atoms with Gasteiger partial charge in [-0.05, 0) is 43.5 Å². The van der Waals surface area contributed by atoms with Gasteiger partial charge in [-0.25, -0.2) is 13.5 Å². The molecule has 0 saturated carbocycles. The van der Waals surface area contributed by atoms with Gasteiger partial charge in [0.25, 0.3) is 12.3 Å². The molecule has 2 heterocycles. The Morgan fingerprint density at radius 3 is 2.67 bits per heavy atom. The highest BCUT2D eigenvalue weighted by molar-refractivity contribution is 6.31. The van der Waals surface area contributed by atoms with Gasteiger partial charge < -0.3 is 10.6 Å². The first-order valence-electron chi connectivity index (χ1n) is 9.59. The van der Waals surface area contributed by atoms with E-state index < -0.39 is 18.4 Å². The number of anilines is 2. The molecule has 0 fully saturated rings. The van der Waals surface area contributed by atoms with Gasteiger partial charge in [-0.1, -0.05) is 47.5 Å². The topological polar surface area (TPSA) is 59.0 Å². The standard InChI is InChI=1S/C22H21ClF2N4O/c1-12-3-6-14(7-4-12)18-10-19(20(24)25)29-21(27-18)16(11-26-29)22(30)28-17-9-15(23)8-5-13(17)2/h3-9,11,18-20,27H,10H2,1-2H3,(H,28,30). The molecule has 0 radical (unpaired) electrons. The maximum Gasteiger partial charge on any atom is 0.261 e. The summed E-state index contributed by atoms with van der Waals surface area (Å²) in [5, 5.41) is 10.6. The highest BCUT2D eigenvalue weighted by Gasteiger charge is 2.36. The summed E-state index contributed by atoms with van der Waals surface area (Å²) in [5.74, 6) is -0.152. The van der Waals surface area contributed by atoms with Crippen molar-refractivity contribution in [2.75, 3.05) is 10.6 Å². The third-order valence-electron chi connectivity index (χ3n) is 5.36. The Hall–Kier alpha value is -2.93. The van der Waals surface area contributed by atoms with E-state index in [0.717, 1.165) is 16.7 Å². The minimum absolute atomic E-state index is 0.171. The molecule has 156 valence electrons. The number of benzene rings is 2. The molecule has 2 unspecified atom stereocenters. The molecular weight excluding hydrogens is 410 g/mol. The number of nitrogens with one attached hydrogen (secondary N) is 2. The lowest BCUT2D eigenvalue weighted by molar-refractivity contribution is 0.0657. The Morgan fingerprint density at radius 2 is 1.97 bits per heavy atom. The monoisotopic (exact) mass is 430 g/mol. The van der Waals surface area contributed by atoms with Crippen LogP contribution in [0, 0.1) is 13.8 Å². The van der Waals surface area contributed by atoms with Crippen LogP contribution in [0.1, 0.15) is 45.6 Å². The van der Waals surface area contributed by atoms with Gasteiger partial charge in [-0.3, -0.25) is 4.79 Å². The van der Waals surface area contributed by atoms with Crippen LogP contribution in [0.2, 0.25) is 5.02 Å². The molecule has 3 aromatic rings. The van der Waals surface area contributed by atoms with Gasteiger partial charge in [0.15, 0.2) is 0 Å². The third-order valence-corrected chi connectivity index (χ3v) is 5.60. The van der Waals surface area contributed by atoms with E-state index in [1.807, 2.05) is 38.1 Å². The molecule has 2 atom stereocenters. The second-order valence-electron chi connectivity index (χ2n) is 7.51. The van der Waals surface area contributed by atoms with Crippen LogP contribution in [0.4, 0.5) is 20.3 Å². The van der Waals surface area contributed by atoms with Gasteiger partial charge in [0.2, 0.25) is 0 Å². The number of halogens is 3. The third kappa shape index (κ3) is 3.89. The molecule has 30 heavy (non-hydrogen) atoms. The maximum absolute atomic E-state index is 13.8. The smallest absolute Gasteiger partial charge is 0.261 e. The molecule has 2 N–H and O–H groups in total. The lowest BCUT2D eigenvalue weighted by Crippen LogP contribution is -2.31. The fourth-order valence-corrected chi connectivity index (χ4v) is 3.81. The zero-order chi connectivity index (χ0) is 21.4. The SMILES string of the molecule is Cc1ccc(C2CC(C(F)F)n3ncc(C(=O)Nc4cc(Cl)ccc4C)c3N2)cc1. The van der Waals surface area contributed by atoms with Crippen LogP contribution in [-0.2, 0) is 0 Å². The molecule has 0 spiro atoms. The van der Waals surface area contributed by atoms with E-state index in [4.69, 9.17) is 11.6 Å². The number of carbonyl (C=O) groups excluding carboxylic acids is 1. The Bertz CT molecular complexity index is 1080. The first kappa shape index (κ1) is 20.3. The molecular formula is C22H21ClF2N4O. The Labute approximate surface area is 178 Å². The normalized spacial score (nSPS) is 18.1. The minimum Gasteiger partial charge on any atom is -0.363 e. The van der Waals surface area contributed by atoms with Crippen molar-refractivity contribution in [1.82, 2.24) is 9.78 Å². The molecule has 0 bridgehead atoms. The molecule has 8 heteroatoms. The summed E-state index contributed by atoms with van der Waals surface area (Å²) >= 11 is 6.03. The first-order chi connectivity index (χ1) is 14.3. The fourth-order valence-electron chi connectivity index (χ4n) is 3.64. The number of fused-ring (bicyclic) bond motifs is 1. The lowest BCUT2D eigenvalue weighted by Gasteiger charge is -2.32. The van der Waals surface area contributed by atoms with Crippen molar-refractivity contribution in [3.8, 4) is 0 Å². The van der Waals surface area contributed by atoms with Crippen molar-refractivity contribution in [2.45, 2.75) is 38.8 Å². The number of carbonyl (C=O) groups is 1. The van der Waals surface area contributed by atoms with Crippen LogP contribution in [0.3, 0.4) is 0 Å². The highest BCUT2D eigenvalue weighted by atomic mass is 35.5. The van der Waals surface area contributed by atoms with Crippen LogP contribution in [0.25, 0.3) is 0 Å². The van der Waals surface area contributed by atoms with Crippen LogP contribution in [0.5, 0.6) is 0 Å². The van der Waals surface area contributed by atoms with E-state index in [-0.39, 0.29) is 23.8 Å². The molecule has 0 saturated heterocycles. The van der Waals surface area contributed by atoms with Crippen molar-refractivity contribution >= 4 is 29.0 Å². The molecule has 2 aromatic carbocycles. The molecule has 1 aliphatic rings. The van der Waals surface area contributed by atoms with Crippen molar-refractivity contribution in [1.29, 1.82) is 0 Å². The van der Waals surface area contributed by atoms with Crippen molar-refractivity contribution < 1.29 is 13.6 Å². The predicted octanol–water partition coefficient (Wildman–Crippen LogP) is 5.77. The number of nitrogens with zero attached hydrogens (tertiary/aromatic N) is 2. The second-order valence-corrected chi connectivity index (χ2v) is 7.95. The highest BCUT2D eigenvalue weighted by Crippen LogP contribution is 2.39. The summed E-state index contributed by atoms with van der Waals surface area (Å²) in [5.41, 5.74) is 3.57. The van der Waals surface area contributed by atoms with Gasteiger partial charge in [-0.15, -0.1) is 0 Å². The van der Waals surface area contributed by atoms with Crippen molar-refractivity contribution in [3.63, 3.8) is 0 Å². The summed E-state index contributed by atoms with van der Waals surface area (Å²) in [4.78, 5) is 12.9. The number of aryl methyl sites for hydroxylation is 2. The van der Waals surface area contributed by atoms with E-state index in [2.05, 4.69) is 15.7 Å². The molecule has 5 nitrogen and oxygen atoms in total. The van der Waals surface area contributed by atoms with Gasteiger partial charge in [0.1, 0.15) is 17.4 Å². The summed E-state index contributed by atoms with van der Waals surface area (Å²) in [6.45, 7) is 3.81. The van der Waals surface area contributed by atoms with Gasteiger partial charge in [0, 0.05) is 10.7 Å². The largest absolute Gasteiger partial charge is 0.363 e. The first-order valence-corrected chi connectivity index (χ1v) is 9.97. The van der Waals surface area contributed by atoms with Crippen molar-refractivity contribution in [2.24, 2.45) is 0 Å². The van der Waals surface area contributed by atoms with E-state index in [1.165, 1.54) is 10.9 Å². The van der Waals surface area contributed by atoms with Gasteiger partial charge in [-0.2, -0.15) is 5.10 Å². The van der Waals surface area contributed by atoms with Crippen LogP contribution >= 0.6 is 11.6 Å². The van der Waals surface area contributed by atoms with Crippen molar-refractivity contribution in [3.05, 3.63) is 75.9 Å². The summed E-state index contributed by atoms with van der Waals surface area (Å²) in [6.07, 6.45) is -1.11. The number of aromatic nitrogens is 2. The number of rotatable bonds is 4. The lowest BCUT2D eigenvalue weighted by atomic mass is 9.96. The number of amides is 1. The van der Waals surface area contributed by atoms with Crippen LogP contribution < -0.4 is 10.6 Å². The number of hydrogen-bond donors (Lipinski definition) is 2. The van der Waals surface area contributed by atoms with Gasteiger partial charge in [0.05, 0.1) is 12.2 Å². The zero-order valence-corrected chi connectivity index (χ0v) is 17.3. The van der Waals surface area contributed by atoms with E-state index in [1.54, 1.807) is 18.2 Å². The van der Waals surface area contributed by atoms with E-state index in [9.17, 15) is 13.6 Å². The van der Waals surface area contributed by atoms with E-state index in [0.29, 0.717) is 10.7 Å². The fraction of sp³-hybridized carbons (Fsp3) is 0.273. The van der Waals surface area contributed by atoms with Crippen LogP contribution in [0.15, 0.2) is 48.7 Å². The molecule has 1 aromatic heterocycles. The Kier molecular flexibility index (Phi) is 5.47. The summed E-state index contributed by atoms with van der Waals surface area (Å²) < 4.78 is 28.8.